The quantitative estimate of drug-likeness (QED) is 0.699. The second kappa shape index (κ2) is 7.45. The van der Waals surface area contributed by atoms with Crippen molar-refractivity contribution < 1.29 is 9.53 Å². The molecule has 1 heterocycles. The van der Waals surface area contributed by atoms with Crippen molar-refractivity contribution in [2.75, 3.05) is 11.9 Å². The first kappa shape index (κ1) is 16.5. The molecule has 3 aromatic rings. The highest BCUT2D eigenvalue weighted by atomic mass is 32.1. The molecule has 0 unspecified atom stereocenters. The Morgan fingerprint density at radius 3 is 2.67 bits per heavy atom. The SMILES string of the molecule is CC[C@H](C)c1ccc(OCC(=O)Nc2nc3ccccc3s2)cc1. The summed E-state index contributed by atoms with van der Waals surface area (Å²) in [6.45, 7) is 4.33. The van der Waals surface area contributed by atoms with Gasteiger partial charge in [-0.15, -0.1) is 0 Å². The topological polar surface area (TPSA) is 51.2 Å². The molecule has 1 atom stereocenters. The molecule has 0 radical (unpaired) electrons. The Balaban J connectivity index is 1.55. The van der Waals surface area contributed by atoms with Crippen molar-refractivity contribution in [2.45, 2.75) is 26.2 Å². The second-order valence-corrected chi connectivity index (χ2v) is 6.73. The minimum atomic E-state index is -0.208. The first-order chi connectivity index (χ1) is 11.7. The minimum absolute atomic E-state index is 0.0292. The van der Waals surface area contributed by atoms with E-state index in [0.717, 1.165) is 16.6 Å². The summed E-state index contributed by atoms with van der Waals surface area (Å²) in [6, 6.07) is 15.7. The molecule has 0 saturated heterocycles. The lowest BCUT2D eigenvalue weighted by molar-refractivity contribution is -0.118. The van der Waals surface area contributed by atoms with E-state index >= 15 is 0 Å². The maximum atomic E-state index is 12.0. The molecule has 1 aromatic heterocycles. The largest absolute Gasteiger partial charge is 0.484 e. The maximum absolute atomic E-state index is 12.0. The summed E-state index contributed by atoms with van der Waals surface area (Å²) in [7, 11) is 0. The number of ether oxygens (including phenoxy) is 1. The van der Waals surface area contributed by atoms with Crippen LogP contribution in [0.15, 0.2) is 48.5 Å². The lowest BCUT2D eigenvalue weighted by atomic mass is 9.99. The standard InChI is InChI=1S/C19H20N2O2S/c1-3-13(2)14-8-10-15(11-9-14)23-12-18(22)21-19-20-16-6-4-5-7-17(16)24-19/h4-11,13H,3,12H2,1-2H3,(H,20,21,22)/t13-/m0/s1. The summed E-state index contributed by atoms with van der Waals surface area (Å²) in [6.07, 6.45) is 1.10. The Morgan fingerprint density at radius 1 is 1.21 bits per heavy atom. The highest BCUT2D eigenvalue weighted by molar-refractivity contribution is 7.22. The Kier molecular flexibility index (Phi) is 5.11. The zero-order valence-corrected chi connectivity index (χ0v) is 14.6. The maximum Gasteiger partial charge on any atom is 0.264 e. The summed E-state index contributed by atoms with van der Waals surface area (Å²) in [4.78, 5) is 16.4. The van der Waals surface area contributed by atoms with Gasteiger partial charge in [0.15, 0.2) is 11.7 Å². The van der Waals surface area contributed by atoms with Gasteiger partial charge in [0.1, 0.15) is 5.75 Å². The lowest BCUT2D eigenvalue weighted by Crippen LogP contribution is -2.20. The van der Waals surface area contributed by atoms with Crippen LogP contribution in [0.3, 0.4) is 0 Å². The van der Waals surface area contributed by atoms with Crippen LogP contribution in [-0.4, -0.2) is 17.5 Å². The number of anilines is 1. The molecule has 2 aromatic carbocycles. The van der Waals surface area contributed by atoms with E-state index in [1.807, 2.05) is 36.4 Å². The van der Waals surface area contributed by atoms with E-state index in [1.165, 1.54) is 16.9 Å². The lowest BCUT2D eigenvalue weighted by Gasteiger charge is -2.10. The monoisotopic (exact) mass is 340 g/mol. The summed E-state index contributed by atoms with van der Waals surface area (Å²) < 4.78 is 6.60. The summed E-state index contributed by atoms with van der Waals surface area (Å²) in [5.41, 5.74) is 2.17. The van der Waals surface area contributed by atoms with Crippen LogP contribution in [0.25, 0.3) is 10.2 Å². The normalized spacial score (nSPS) is 12.1. The summed E-state index contributed by atoms with van der Waals surface area (Å²) in [5, 5.41) is 3.38. The van der Waals surface area contributed by atoms with Crippen LogP contribution in [0.4, 0.5) is 5.13 Å². The smallest absolute Gasteiger partial charge is 0.264 e. The molecule has 124 valence electrons. The van der Waals surface area contributed by atoms with Crippen LogP contribution in [0.5, 0.6) is 5.75 Å². The van der Waals surface area contributed by atoms with Crippen LogP contribution >= 0.6 is 11.3 Å². The molecule has 0 saturated carbocycles. The number of nitrogens with zero attached hydrogens (tertiary/aromatic N) is 1. The molecule has 24 heavy (non-hydrogen) atoms. The fourth-order valence-electron chi connectivity index (χ4n) is 2.36. The number of nitrogens with one attached hydrogen (secondary N) is 1. The van der Waals surface area contributed by atoms with E-state index in [9.17, 15) is 4.79 Å². The van der Waals surface area contributed by atoms with Crippen molar-refractivity contribution >= 4 is 32.6 Å². The van der Waals surface area contributed by atoms with Gasteiger partial charge in [0.25, 0.3) is 5.91 Å². The predicted molar refractivity (Wildman–Crippen MR) is 98.9 cm³/mol. The highest BCUT2D eigenvalue weighted by Gasteiger charge is 2.09. The van der Waals surface area contributed by atoms with Gasteiger partial charge >= 0.3 is 0 Å². The highest BCUT2D eigenvalue weighted by Crippen LogP contribution is 2.25. The third kappa shape index (κ3) is 3.92. The fraction of sp³-hybridized carbons (Fsp3) is 0.263. The van der Waals surface area contributed by atoms with Crippen molar-refractivity contribution in [3.63, 3.8) is 0 Å². The van der Waals surface area contributed by atoms with Crippen LogP contribution in [-0.2, 0) is 4.79 Å². The molecule has 0 spiro atoms. The molecule has 0 aliphatic heterocycles. The third-order valence-electron chi connectivity index (χ3n) is 3.97. The Hall–Kier alpha value is -2.40. The number of carbonyl (C=O) groups excluding carboxylic acids is 1. The summed E-state index contributed by atoms with van der Waals surface area (Å²) in [5.74, 6) is 1.02. The number of fused-ring (bicyclic) bond motifs is 1. The van der Waals surface area contributed by atoms with Crippen molar-refractivity contribution in [3.8, 4) is 5.75 Å². The van der Waals surface area contributed by atoms with E-state index in [2.05, 4.69) is 36.3 Å². The second-order valence-electron chi connectivity index (χ2n) is 5.70. The van der Waals surface area contributed by atoms with Crippen molar-refractivity contribution in [2.24, 2.45) is 0 Å². The zero-order chi connectivity index (χ0) is 16.9. The van der Waals surface area contributed by atoms with Crippen molar-refractivity contribution in [3.05, 3.63) is 54.1 Å². The van der Waals surface area contributed by atoms with E-state index in [0.29, 0.717) is 16.8 Å². The number of hydrogen-bond acceptors (Lipinski definition) is 4. The first-order valence-corrected chi connectivity index (χ1v) is 8.85. The van der Waals surface area contributed by atoms with Gasteiger partial charge in [0.05, 0.1) is 10.2 Å². The number of hydrogen-bond donors (Lipinski definition) is 1. The number of thiazole rings is 1. The summed E-state index contributed by atoms with van der Waals surface area (Å²) >= 11 is 1.46. The number of amides is 1. The van der Waals surface area contributed by atoms with E-state index < -0.39 is 0 Å². The predicted octanol–water partition coefficient (Wildman–Crippen LogP) is 4.83. The molecule has 0 aliphatic carbocycles. The fourth-order valence-corrected chi connectivity index (χ4v) is 3.24. The van der Waals surface area contributed by atoms with Gasteiger partial charge < -0.3 is 4.74 Å². The number of aromatic nitrogens is 1. The van der Waals surface area contributed by atoms with Gasteiger partial charge in [-0.2, -0.15) is 0 Å². The molecule has 4 nitrogen and oxygen atoms in total. The first-order valence-electron chi connectivity index (χ1n) is 8.04. The van der Waals surface area contributed by atoms with E-state index in [4.69, 9.17) is 4.74 Å². The Morgan fingerprint density at radius 2 is 1.96 bits per heavy atom. The van der Waals surface area contributed by atoms with Gasteiger partial charge in [-0.05, 0) is 42.2 Å². The minimum Gasteiger partial charge on any atom is -0.484 e. The van der Waals surface area contributed by atoms with E-state index in [-0.39, 0.29) is 12.5 Å². The molecule has 5 heteroatoms. The average Bonchev–Trinajstić information content (AvgIpc) is 3.02. The third-order valence-corrected chi connectivity index (χ3v) is 4.92. The Bertz CT molecular complexity index is 794. The number of para-hydroxylation sites is 1. The molecular weight excluding hydrogens is 320 g/mol. The molecule has 1 amide bonds. The van der Waals surface area contributed by atoms with Gasteiger partial charge in [-0.1, -0.05) is 49.4 Å². The number of rotatable bonds is 6. The van der Waals surface area contributed by atoms with Crippen LogP contribution in [0.2, 0.25) is 0 Å². The molecule has 0 bridgehead atoms. The average molecular weight is 340 g/mol. The molecule has 1 N–H and O–H groups in total. The van der Waals surface area contributed by atoms with Crippen LogP contribution in [0.1, 0.15) is 31.7 Å². The van der Waals surface area contributed by atoms with Crippen molar-refractivity contribution in [1.82, 2.24) is 4.98 Å². The molecule has 0 fully saturated rings. The van der Waals surface area contributed by atoms with Gasteiger partial charge in [-0.25, -0.2) is 4.98 Å². The van der Waals surface area contributed by atoms with E-state index in [1.54, 1.807) is 0 Å². The van der Waals surface area contributed by atoms with Crippen molar-refractivity contribution in [1.29, 1.82) is 0 Å². The molecule has 3 rings (SSSR count). The van der Waals surface area contributed by atoms with Gasteiger partial charge in [0, 0.05) is 0 Å². The van der Waals surface area contributed by atoms with Crippen LogP contribution in [0, 0.1) is 0 Å². The van der Waals surface area contributed by atoms with Gasteiger partial charge in [0.2, 0.25) is 0 Å². The Labute approximate surface area is 145 Å². The van der Waals surface area contributed by atoms with Gasteiger partial charge in [-0.3, -0.25) is 10.1 Å². The molecule has 0 aliphatic rings. The molecular formula is C19H20N2O2S. The zero-order valence-electron chi connectivity index (χ0n) is 13.8. The number of carbonyl (C=O) groups is 1. The van der Waals surface area contributed by atoms with Crippen LogP contribution < -0.4 is 10.1 Å². The number of benzene rings is 2.